The fourth-order valence-electron chi connectivity index (χ4n) is 3.27. The second-order valence-electron chi connectivity index (χ2n) is 6.43. The number of carbonyl (C=O) groups is 1. The molecule has 4 rings (SSSR count). The van der Waals surface area contributed by atoms with Gasteiger partial charge in [0.1, 0.15) is 0 Å². The largest absolute Gasteiger partial charge is 0.476 e. The predicted octanol–water partition coefficient (Wildman–Crippen LogP) is 2.49. The monoisotopic (exact) mass is 352 g/mol. The normalized spacial score (nSPS) is 16.7. The van der Waals surface area contributed by atoms with Crippen LogP contribution >= 0.6 is 0 Å². The van der Waals surface area contributed by atoms with Gasteiger partial charge in [0.15, 0.2) is 5.69 Å². The minimum absolute atomic E-state index is 0.00988. The van der Waals surface area contributed by atoms with Crippen LogP contribution in [0.3, 0.4) is 0 Å². The molecule has 1 unspecified atom stereocenters. The van der Waals surface area contributed by atoms with Crippen LogP contribution < -0.4 is 0 Å². The number of imidazole rings is 1. The van der Waals surface area contributed by atoms with Gasteiger partial charge in [0.05, 0.1) is 13.2 Å². The predicted molar refractivity (Wildman–Crippen MR) is 96.2 cm³/mol. The topological polar surface area (TPSA) is 80.0 Å². The minimum atomic E-state index is -1.06. The summed E-state index contributed by atoms with van der Waals surface area (Å²) >= 11 is 0. The Hall–Kier alpha value is -2.77. The van der Waals surface area contributed by atoms with Crippen molar-refractivity contribution in [2.24, 2.45) is 0 Å². The fourth-order valence-corrected chi connectivity index (χ4v) is 3.27. The van der Waals surface area contributed by atoms with Gasteiger partial charge in [-0.3, -0.25) is 9.30 Å². The molecule has 1 aliphatic heterocycles. The molecule has 2 aromatic heterocycles. The summed E-state index contributed by atoms with van der Waals surface area (Å²) in [4.78, 5) is 21.7. The summed E-state index contributed by atoms with van der Waals surface area (Å²) in [6, 6.07) is 8.77. The van der Waals surface area contributed by atoms with Crippen molar-refractivity contribution in [2.75, 3.05) is 26.3 Å². The van der Waals surface area contributed by atoms with Crippen LogP contribution in [0.15, 0.2) is 42.9 Å². The molecule has 1 aliphatic rings. The molecule has 134 valence electrons. The highest BCUT2D eigenvalue weighted by Gasteiger charge is 2.18. The van der Waals surface area contributed by atoms with Crippen LogP contribution in [0.2, 0.25) is 0 Å². The molecule has 3 heterocycles. The summed E-state index contributed by atoms with van der Waals surface area (Å²) in [6.45, 7) is 5.70. The van der Waals surface area contributed by atoms with Gasteiger partial charge in [0, 0.05) is 43.3 Å². The van der Waals surface area contributed by atoms with Crippen molar-refractivity contribution in [3.8, 4) is 11.1 Å². The maximum atomic E-state index is 11.0. The lowest BCUT2D eigenvalue weighted by molar-refractivity contribution is 0.0198. The number of aromatic carboxylic acids is 1. The fraction of sp³-hybridized carbons (Fsp3) is 0.316. The van der Waals surface area contributed by atoms with Crippen molar-refractivity contribution in [2.45, 2.75) is 13.0 Å². The molecule has 3 aromatic rings. The first-order valence-electron chi connectivity index (χ1n) is 8.62. The highest BCUT2D eigenvalue weighted by atomic mass is 16.5. The summed E-state index contributed by atoms with van der Waals surface area (Å²) in [7, 11) is 0. The van der Waals surface area contributed by atoms with E-state index in [2.05, 4.69) is 46.1 Å². The molecule has 0 radical (unpaired) electrons. The third-order valence-corrected chi connectivity index (χ3v) is 4.85. The molecule has 7 nitrogen and oxygen atoms in total. The van der Waals surface area contributed by atoms with Crippen LogP contribution in [-0.4, -0.2) is 56.6 Å². The van der Waals surface area contributed by atoms with E-state index in [9.17, 15) is 4.79 Å². The van der Waals surface area contributed by atoms with E-state index in [4.69, 9.17) is 9.84 Å². The standard InChI is InChI=1S/C19H20N4O3/c1-13(22-6-8-26-9-7-22)14-2-4-15(5-3-14)16-10-20-19-21-17(18(24)25)12-23(19)11-16/h2-5,10-13H,6-9H2,1H3,(H,24,25). The first-order chi connectivity index (χ1) is 12.6. The molecule has 0 aliphatic carbocycles. The summed E-state index contributed by atoms with van der Waals surface area (Å²) < 4.78 is 7.06. The van der Waals surface area contributed by atoms with E-state index in [-0.39, 0.29) is 5.69 Å². The zero-order valence-electron chi connectivity index (χ0n) is 14.5. The third kappa shape index (κ3) is 3.18. The summed E-state index contributed by atoms with van der Waals surface area (Å²) in [6.07, 6.45) is 5.04. The second-order valence-corrected chi connectivity index (χ2v) is 6.43. The van der Waals surface area contributed by atoms with Crippen molar-refractivity contribution in [1.82, 2.24) is 19.3 Å². The number of ether oxygens (including phenoxy) is 1. The van der Waals surface area contributed by atoms with Crippen molar-refractivity contribution in [3.63, 3.8) is 0 Å². The van der Waals surface area contributed by atoms with Crippen molar-refractivity contribution in [3.05, 3.63) is 54.1 Å². The van der Waals surface area contributed by atoms with Gasteiger partial charge in [-0.15, -0.1) is 0 Å². The highest BCUT2D eigenvalue weighted by Crippen LogP contribution is 2.25. The maximum absolute atomic E-state index is 11.0. The van der Waals surface area contributed by atoms with Crippen LogP contribution in [0, 0.1) is 0 Å². The number of benzene rings is 1. The lowest BCUT2D eigenvalue weighted by Gasteiger charge is -2.32. The van der Waals surface area contributed by atoms with Gasteiger partial charge in [-0.2, -0.15) is 0 Å². The van der Waals surface area contributed by atoms with Gasteiger partial charge in [0.2, 0.25) is 5.78 Å². The molecule has 0 amide bonds. The van der Waals surface area contributed by atoms with Crippen molar-refractivity contribution in [1.29, 1.82) is 0 Å². The van der Waals surface area contributed by atoms with E-state index in [0.717, 1.165) is 37.4 Å². The molecule has 1 fully saturated rings. The first-order valence-corrected chi connectivity index (χ1v) is 8.62. The lowest BCUT2D eigenvalue weighted by Crippen LogP contribution is -2.37. The molecule has 7 heteroatoms. The van der Waals surface area contributed by atoms with E-state index in [1.54, 1.807) is 10.6 Å². The van der Waals surface area contributed by atoms with Gasteiger partial charge in [0.25, 0.3) is 0 Å². The average molecular weight is 352 g/mol. The smallest absolute Gasteiger partial charge is 0.356 e. The van der Waals surface area contributed by atoms with Gasteiger partial charge in [-0.1, -0.05) is 24.3 Å². The van der Waals surface area contributed by atoms with Gasteiger partial charge >= 0.3 is 5.97 Å². The number of morpholine rings is 1. The highest BCUT2D eigenvalue weighted by molar-refractivity contribution is 5.85. The molecule has 0 spiro atoms. The molecule has 26 heavy (non-hydrogen) atoms. The minimum Gasteiger partial charge on any atom is -0.476 e. The van der Waals surface area contributed by atoms with Crippen molar-refractivity contribution >= 4 is 11.7 Å². The number of carboxylic acids is 1. The molecule has 1 aromatic carbocycles. The van der Waals surface area contributed by atoms with E-state index in [0.29, 0.717) is 11.8 Å². The quantitative estimate of drug-likeness (QED) is 0.777. The molecule has 1 N–H and O–H groups in total. The number of hydrogen-bond donors (Lipinski definition) is 1. The third-order valence-electron chi connectivity index (χ3n) is 4.85. The summed E-state index contributed by atoms with van der Waals surface area (Å²) in [5, 5.41) is 9.05. The van der Waals surface area contributed by atoms with Gasteiger partial charge < -0.3 is 9.84 Å². The first kappa shape index (κ1) is 16.7. The molecule has 0 saturated carbocycles. The lowest BCUT2D eigenvalue weighted by atomic mass is 10.0. The van der Waals surface area contributed by atoms with E-state index in [1.165, 1.54) is 11.8 Å². The van der Waals surface area contributed by atoms with E-state index < -0.39 is 5.97 Å². The molecule has 0 bridgehead atoms. The van der Waals surface area contributed by atoms with E-state index >= 15 is 0 Å². The SMILES string of the molecule is CC(c1ccc(-c2cnc3nc(C(=O)O)cn3c2)cc1)N1CCOCC1. The number of carboxylic acid groups (broad SMARTS) is 1. The van der Waals surface area contributed by atoms with Gasteiger partial charge in [-0.05, 0) is 18.1 Å². The summed E-state index contributed by atoms with van der Waals surface area (Å²) in [5.41, 5.74) is 3.20. The number of rotatable bonds is 4. The molecule has 1 atom stereocenters. The second kappa shape index (κ2) is 6.86. The number of hydrogen-bond acceptors (Lipinski definition) is 5. The van der Waals surface area contributed by atoms with Crippen LogP contribution in [0.25, 0.3) is 16.9 Å². The average Bonchev–Trinajstić information content (AvgIpc) is 3.12. The van der Waals surface area contributed by atoms with Gasteiger partial charge in [-0.25, -0.2) is 14.8 Å². The van der Waals surface area contributed by atoms with Crippen molar-refractivity contribution < 1.29 is 14.6 Å². The zero-order chi connectivity index (χ0) is 18.1. The number of nitrogens with zero attached hydrogens (tertiary/aromatic N) is 4. The number of aromatic nitrogens is 3. The van der Waals surface area contributed by atoms with Crippen LogP contribution in [-0.2, 0) is 4.74 Å². The van der Waals surface area contributed by atoms with E-state index in [1.807, 2.05) is 6.20 Å². The molecule has 1 saturated heterocycles. The Labute approximate surface area is 150 Å². The zero-order valence-corrected chi connectivity index (χ0v) is 14.5. The Morgan fingerprint density at radius 1 is 1.15 bits per heavy atom. The number of fused-ring (bicyclic) bond motifs is 1. The van der Waals surface area contributed by atoms with Crippen LogP contribution in [0.5, 0.6) is 0 Å². The Morgan fingerprint density at radius 3 is 2.58 bits per heavy atom. The molecular weight excluding hydrogens is 332 g/mol. The Bertz CT molecular complexity index is 930. The molecular formula is C19H20N4O3. The summed E-state index contributed by atoms with van der Waals surface area (Å²) in [5.74, 6) is -0.679. The van der Waals surface area contributed by atoms with Crippen LogP contribution in [0.1, 0.15) is 29.0 Å². The van der Waals surface area contributed by atoms with Crippen LogP contribution in [0.4, 0.5) is 0 Å². The Morgan fingerprint density at radius 2 is 1.88 bits per heavy atom. The Kier molecular flexibility index (Phi) is 4.40. The maximum Gasteiger partial charge on any atom is 0.356 e. The Balaban J connectivity index is 1.58.